The number of hydrogen-bond donors (Lipinski definition) is 1. The van der Waals surface area contributed by atoms with Crippen LogP contribution in [0.25, 0.3) is 0 Å². The van der Waals surface area contributed by atoms with E-state index < -0.39 is 0 Å². The number of nitrogens with zero attached hydrogens (tertiary/aromatic N) is 1. The topological polar surface area (TPSA) is 32.3 Å². The Balaban J connectivity index is 2.08. The molecule has 0 aliphatic rings. The van der Waals surface area contributed by atoms with Crippen molar-refractivity contribution in [2.45, 2.75) is 17.9 Å². The minimum absolute atomic E-state index is 0.00419. The molecule has 1 atom stereocenters. The highest BCUT2D eigenvalue weighted by Gasteiger charge is 2.17. The quantitative estimate of drug-likeness (QED) is 0.815. The number of carbonyl (C=O) groups excluding carboxylic acids is 1. The van der Waals surface area contributed by atoms with Gasteiger partial charge in [-0.15, -0.1) is 11.8 Å². The van der Waals surface area contributed by atoms with Gasteiger partial charge in [-0.25, -0.2) is 0 Å². The van der Waals surface area contributed by atoms with Gasteiger partial charge in [0.25, 0.3) is 5.91 Å². The minimum atomic E-state index is -0.00419. The van der Waals surface area contributed by atoms with Crippen molar-refractivity contribution in [2.75, 3.05) is 26.9 Å². The SMILES string of the molecule is CSc1ccc(C)c(C(=O)NCC(c2ccsc2)N(C)C)c1. The lowest BCUT2D eigenvalue weighted by Crippen LogP contribution is -2.34. The summed E-state index contributed by atoms with van der Waals surface area (Å²) in [5, 5.41) is 7.28. The molecule has 22 heavy (non-hydrogen) atoms. The molecule has 1 amide bonds. The van der Waals surface area contributed by atoms with Crippen LogP contribution in [0.1, 0.15) is 27.5 Å². The summed E-state index contributed by atoms with van der Waals surface area (Å²) in [4.78, 5) is 15.7. The molecule has 3 nitrogen and oxygen atoms in total. The summed E-state index contributed by atoms with van der Waals surface area (Å²) in [6.07, 6.45) is 2.02. The molecular formula is C17H22N2OS2. The molecule has 1 aromatic carbocycles. The molecule has 2 aromatic rings. The summed E-state index contributed by atoms with van der Waals surface area (Å²) in [5.74, 6) is -0.00419. The Labute approximate surface area is 140 Å². The number of nitrogens with one attached hydrogen (secondary N) is 1. The maximum Gasteiger partial charge on any atom is 0.251 e. The lowest BCUT2D eigenvalue weighted by atomic mass is 10.1. The van der Waals surface area contributed by atoms with Crippen LogP contribution < -0.4 is 5.32 Å². The highest BCUT2D eigenvalue weighted by Crippen LogP contribution is 2.21. The van der Waals surface area contributed by atoms with E-state index in [9.17, 15) is 4.79 Å². The maximum atomic E-state index is 12.5. The Morgan fingerprint density at radius 3 is 2.73 bits per heavy atom. The molecule has 1 aromatic heterocycles. The molecular weight excluding hydrogens is 312 g/mol. The van der Waals surface area contributed by atoms with Gasteiger partial charge in [-0.05, 0) is 67.4 Å². The molecule has 0 aliphatic heterocycles. The maximum absolute atomic E-state index is 12.5. The van der Waals surface area contributed by atoms with Crippen LogP contribution in [0.15, 0.2) is 39.9 Å². The zero-order chi connectivity index (χ0) is 16.1. The van der Waals surface area contributed by atoms with Crippen molar-refractivity contribution in [3.05, 3.63) is 51.7 Å². The molecule has 5 heteroatoms. The van der Waals surface area contributed by atoms with Crippen molar-refractivity contribution in [1.82, 2.24) is 10.2 Å². The van der Waals surface area contributed by atoms with Crippen molar-refractivity contribution in [1.29, 1.82) is 0 Å². The summed E-state index contributed by atoms with van der Waals surface area (Å²) >= 11 is 3.33. The van der Waals surface area contributed by atoms with E-state index in [0.717, 1.165) is 16.0 Å². The molecule has 1 unspecified atom stereocenters. The fraction of sp³-hybridized carbons (Fsp3) is 0.353. The van der Waals surface area contributed by atoms with Gasteiger partial charge < -0.3 is 10.2 Å². The average molecular weight is 335 g/mol. The van der Waals surface area contributed by atoms with Gasteiger partial charge in [0.2, 0.25) is 0 Å². The average Bonchev–Trinajstić information content (AvgIpc) is 3.01. The van der Waals surface area contributed by atoms with E-state index in [2.05, 4.69) is 27.0 Å². The Bertz CT molecular complexity index is 624. The highest BCUT2D eigenvalue weighted by molar-refractivity contribution is 7.98. The van der Waals surface area contributed by atoms with Gasteiger partial charge in [0.15, 0.2) is 0 Å². The van der Waals surface area contributed by atoms with Gasteiger partial charge in [0.05, 0.1) is 6.04 Å². The minimum Gasteiger partial charge on any atom is -0.350 e. The first-order chi connectivity index (χ1) is 10.5. The third kappa shape index (κ3) is 4.12. The van der Waals surface area contributed by atoms with Crippen molar-refractivity contribution >= 4 is 29.0 Å². The highest BCUT2D eigenvalue weighted by atomic mass is 32.2. The summed E-state index contributed by atoms with van der Waals surface area (Å²) in [7, 11) is 4.07. The van der Waals surface area contributed by atoms with Gasteiger partial charge in [-0.1, -0.05) is 6.07 Å². The van der Waals surface area contributed by atoms with E-state index in [4.69, 9.17) is 0 Å². The Morgan fingerprint density at radius 2 is 2.14 bits per heavy atom. The van der Waals surface area contributed by atoms with Crippen LogP contribution in [0.5, 0.6) is 0 Å². The number of rotatable bonds is 6. The second-order valence-corrected chi connectivity index (χ2v) is 7.09. The molecule has 0 bridgehead atoms. The standard InChI is InChI=1S/C17H22N2OS2/c1-12-5-6-14(21-4)9-15(12)17(20)18-10-16(19(2)3)13-7-8-22-11-13/h5-9,11,16H,10H2,1-4H3,(H,18,20). The Hall–Kier alpha value is -1.30. The fourth-order valence-electron chi connectivity index (χ4n) is 2.32. The first-order valence-corrected chi connectivity index (χ1v) is 9.31. The lowest BCUT2D eigenvalue weighted by Gasteiger charge is -2.24. The van der Waals surface area contributed by atoms with E-state index in [1.54, 1.807) is 23.1 Å². The zero-order valence-electron chi connectivity index (χ0n) is 13.4. The molecule has 1 N–H and O–H groups in total. The number of thiophene rings is 1. The number of hydrogen-bond acceptors (Lipinski definition) is 4. The summed E-state index contributed by atoms with van der Waals surface area (Å²) in [6, 6.07) is 8.32. The van der Waals surface area contributed by atoms with E-state index in [1.807, 2.05) is 45.5 Å². The monoisotopic (exact) mass is 334 g/mol. The number of thioether (sulfide) groups is 1. The molecule has 0 radical (unpaired) electrons. The van der Waals surface area contributed by atoms with Crippen LogP contribution in [-0.4, -0.2) is 37.7 Å². The van der Waals surface area contributed by atoms with Crippen LogP contribution in [-0.2, 0) is 0 Å². The first kappa shape index (κ1) is 17.1. The zero-order valence-corrected chi connectivity index (χ0v) is 15.1. The van der Waals surface area contributed by atoms with Gasteiger partial charge >= 0.3 is 0 Å². The number of aryl methyl sites for hydroxylation is 1. The number of amides is 1. The molecule has 0 saturated heterocycles. The Morgan fingerprint density at radius 1 is 1.36 bits per heavy atom. The molecule has 0 saturated carbocycles. The van der Waals surface area contributed by atoms with Crippen LogP contribution in [0, 0.1) is 6.92 Å². The molecule has 1 heterocycles. The van der Waals surface area contributed by atoms with Crippen molar-refractivity contribution in [2.24, 2.45) is 0 Å². The first-order valence-electron chi connectivity index (χ1n) is 7.14. The van der Waals surface area contributed by atoms with Crippen molar-refractivity contribution in [3.8, 4) is 0 Å². The summed E-state index contributed by atoms with van der Waals surface area (Å²) < 4.78 is 0. The van der Waals surface area contributed by atoms with Gasteiger partial charge in [-0.2, -0.15) is 11.3 Å². The molecule has 2 rings (SSSR count). The third-order valence-corrected chi connectivity index (χ3v) is 5.12. The third-order valence-electron chi connectivity index (χ3n) is 3.70. The fourth-order valence-corrected chi connectivity index (χ4v) is 3.47. The van der Waals surface area contributed by atoms with Crippen molar-refractivity contribution in [3.63, 3.8) is 0 Å². The van der Waals surface area contributed by atoms with E-state index >= 15 is 0 Å². The predicted molar refractivity (Wildman–Crippen MR) is 96.0 cm³/mol. The van der Waals surface area contributed by atoms with Gasteiger partial charge in [0, 0.05) is 17.0 Å². The Kier molecular flexibility index (Phi) is 6.06. The van der Waals surface area contributed by atoms with E-state index in [0.29, 0.717) is 6.54 Å². The van der Waals surface area contributed by atoms with Crippen LogP contribution in [0.3, 0.4) is 0 Å². The second kappa shape index (κ2) is 7.81. The molecule has 0 aliphatic carbocycles. The number of benzene rings is 1. The van der Waals surface area contributed by atoms with Crippen LogP contribution in [0.2, 0.25) is 0 Å². The molecule has 0 fully saturated rings. The van der Waals surface area contributed by atoms with Gasteiger partial charge in [0.1, 0.15) is 0 Å². The van der Waals surface area contributed by atoms with Crippen molar-refractivity contribution < 1.29 is 4.79 Å². The lowest BCUT2D eigenvalue weighted by molar-refractivity contribution is 0.0941. The summed E-state index contributed by atoms with van der Waals surface area (Å²) in [6.45, 7) is 2.58. The molecule has 118 valence electrons. The second-order valence-electron chi connectivity index (χ2n) is 5.43. The van der Waals surface area contributed by atoms with E-state index in [-0.39, 0.29) is 11.9 Å². The smallest absolute Gasteiger partial charge is 0.251 e. The number of likely N-dealkylation sites (N-methyl/N-ethyl adjacent to an activating group) is 1. The normalized spacial score (nSPS) is 12.4. The van der Waals surface area contributed by atoms with E-state index in [1.165, 1.54) is 5.56 Å². The van der Waals surface area contributed by atoms with Crippen LogP contribution >= 0.6 is 23.1 Å². The predicted octanol–water partition coefficient (Wildman–Crippen LogP) is 3.81. The summed E-state index contributed by atoms with van der Waals surface area (Å²) in [5.41, 5.74) is 3.01. The van der Waals surface area contributed by atoms with Crippen LogP contribution in [0.4, 0.5) is 0 Å². The van der Waals surface area contributed by atoms with Gasteiger partial charge in [-0.3, -0.25) is 4.79 Å². The largest absolute Gasteiger partial charge is 0.350 e. The molecule has 0 spiro atoms. The number of carbonyl (C=O) groups is 1.